The number of thiazole rings is 1. The van der Waals surface area contributed by atoms with Gasteiger partial charge in [0, 0.05) is 16.7 Å². The van der Waals surface area contributed by atoms with Crippen LogP contribution in [0.5, 0.6) is 0 Å². The molecule has 0 saturated carbocycles. The van der Waals surface area contributed by atoms with E-state index in [0.717, 1.165) is 11.1 Å². The maximum Gasteiger partial charge on any atom is 0.338 e. The van der Waals surface area contributed by atoms with E-state index >= 15 is 0 Å². The van der Waals surface area contributed by atoms with Gasteiger partial charge in [0.2, 0.25) is 0 Å². The van der Waals surface area contributed by atoms with Crippen molar-refractivity contribution in [3.63, 3.8) is 0 Å². The molecule has 35 heavy (non-hydrogen) atoms. The Morgan fingerprint density at radius 2 is 1.97 bits per heavy atom. The van der Waals surface area contributed by atoms with Crippen LogP contribution in [-0.4, -0.2) is 17.1 Å². The molecule has 1 aliphatic rings. The number of hydrogen-bond acceptors (Lipinski definition) is 6. The highest BCUT2D eigenvalue weighted by atomic mass is 35.5. The number of nitrogens with zero attached hydrogens (tertiary/aromatic N) is 2. The van der Waals surface area contributed by atoms with E-state index in [2.05, 4.69) is 4.99 Å². The molecule has 4 aromatic rings. The van der Waals surface area contributed by atoms with Crippen LogP contribution in [-0.2, 0) is 9.53 Å². The lowest BCUT2D eigenvalue weighted by atomic mass is 9.96. The molecule has 8 heteroatoms. The van der Waals surface area contributed by atoms with Gasteiger partial charge in [0.15, 0.2) is 4.80 Å². The first-order valence-corrected chi connectivity index (χ1v) is 12.3. The zero-order chi connectivity index (χ0) is 24.5. The SMILES string of the molecule is CCOC(=O)C1=C(C)N=c2s/c(=C\c3ccc(-c4cccc(Cl)c4)o3)c(=O)n2[C@@H]1c1ccccc1. The van der Waals surface area contributed by atoms with Crippen molar-refractivity contribution in [1.29, 1.82) is 0 Å². The molecule has 0 amide bonds. The number of aromatic nitrogens is 1. The highest BCUT2D eigenvalue weighted by molar-refractivity contribution is 7.07. The highest BCUT2D eigenvalue weighted by Crippen LogP contribution is 2.30. The number of fused-ring (bicyclic) bond motifs is 1. The molecule has 176 valence electrons. The van der Waals surface area contributed by atoms with E-state index < -0.39 is 12.0 Å². The first-order chi connectivity index (χ1) is 17.0. The van der Waals surface area contributed by atoms with Crippen molar-refractivity contribution in [2.75, 3.05) is 6.61 Å². The number of esters is 1. The fourth-order valence-corrected chi connectivity index (χ4v) is 5.32. The Bertz CT molecular complexity index is 1630. The number of benzene rings is 2. The number of allylic oxidation sites excluding steroid dienone is 1. The van der Waals surface area contributed by atoms with Gasteiger partial charge < -0.3 is 9.15 Å². The average Bonchev–Trinajstić information content (AvgIpc) is 3.43. The Hall–Kier alpha value is -3.68. The zero-order valence-electron chi connectivity index (χ0n) is 19.0. The van der Waals surface area contributed by atoms with Gasteiger partial charge in [-0.25, -0.2) is 9.79 Å². The second kappa shape index (κ2) is 9.52. The topological polar surface area (TPSA) is 73.8 Å². The van der Waals surface area contributed by atoms with Crippen molar-refractivity contribution < 1.29 is 13.9 Å². The normalized spacial score (nSPS) is 15.6. The molecule has 6 nitrogen and oxygen atoms in total. The predicted octanol–water partition coefficient (Wildman–Crippen LogP) is 4.71. The van der Waals surface area contributed by atoms with Crippen molar-refractivity contribution in [2.45, 2.75) is 19.9 Å². The summed E-state index contributed by atoms with van der Waals surface area (Å²) >= 11 is 7.36. The number of halogens is 1. The van der Waals surface area contributed by atoms with Gasteiger partial charge in [-0.1, -0.05) is 65.4 Å². The third kappa shape index (κ3) is 4.40. The van der Waals surface area contributed by atoms with Crippen LogP contribution in [0.1, 0.15) is 31.2 Å². The maximum atomic E-state index is 13.6. The number of carbonyl (C=O) groups excluding carboxylic acids is 1. The molecule has 5 rings (SSSR count). The van der Waals surface area contributed by atoms with Gasteiger partial charge in [0.05, 0.1) is 28.5 Å². The molecule has 0 saturated heterocycles. The number of rotatable bonds is 5. The van der Waals surface area contributed by atoms with Crippen molar-refractivity contribution >= 4 is 35.0 Å². The lowest BCUT2D eigenvalue weighted by molar-refractivity contribution is -0.139. The molecule has 3 heterocycles. The van der Waals surface area contributed by atoms with Crippen LogP contribution >= 0.6 is 22.9 Å². The molecule has 1 atom stereocenters. The molecule has 2 aromatic heterocycles. The summed E-state index contributed by atoms with van der Waals surface area (Å²) < 4.78 is 13.3. The Kier molecular flexibility index (Phi) is 6.28. The summed E-state index contributed by atoms with van der Waals surface area (Å²) in [6.45, 7) is 3.75. The van der Waals surface area contributed by atoms with Crippen molar-refractivity contribution in [1.82, 2.24) is 4.57 Å². The van der Waals surface area contributed by atoms with Gasteiger partial charge >= 0.3 is 5.97 Å². The molecular formula is C27H21ClN2O4S. The third-order valence-corrected chi connectivity index (χ3v) is 6.86. The first kappa shape index (κ1) is 23.1. The minimum absolute atomic E-state index is 0.231. The maximum absolute atomic E-state index is 13.6. The predicted molar refractivity (Wildman–Crippen MR) is 136 cm³/mol. The minimum atomic E-state index is -0.632. The average molecular weight is 505 g/mol. The van der Waals surface area contributed by atoms with Gasteiger partial charge in [0.25, 0.3) is 5.56 Å². The standard InChI is InChI=1S/C27H21ClN2O4S/c1-3-33-26(32)23-16(2)29-27-30(24(23)17-8-5-4-6-9-17)25(31)22(35-27)15-20-12-13-21(34-20)18-10-7-11-19(28)14-18/h4-15,24H,3H2,1-2H3/b22-15-/t24-/m1/s1. The Morgan fingerprint density at radius 1 is 1.17 bits per heavy atom. The lowest BCUT2D eigenvalue weighted by Gasteiger charge is -2.24. The van der Waals surface area contributed by atoms with Crippen LogP contribution in [0.15, 0.2) is 92.2 Å². The Balaban J connectivity index is 1.63. The van der Waals surface area contributed by atoms with E-state index in [-0.39, 0.29) is 12.2 Å². The van der Waals surface area contributed by atoms with E-state index in [1.54, 1.807) is 36.6 Å². The van der Waals surface area contributed by atoms with Crippen molar-refractivity contribution in [3.8, 4) is 11.3 Å². The summed E-state index contributed by atoms with van der Waals surface area (Å²) in [4.78, 5) is 31.6. The summed E-state index contributed by atoms with van der Waals surface area (Å²) in [5.74, 6) is 0.700. The van der Waals surface area contributed by atoms with E-state index in [0.29, 0.717) is 37.1 Å². The Labute approximate surface area is 210 Å². The van der Waals surface area contributed by atoms with Gasteiger partial charge in [-0.2, -0.15) is 0 Å². The summed E-state index contributed by atoms with van der Waals surface area (Å²) in [6, 6.07) is 19.8. The van der Waals surface area contributed by atoms with E-state index in [4.69, 9.17) is 20.8 Å². The quantitative estimate of drug-likeness (QED) is 0.369. The fourth-order valence-electron chi connectivity index (χ4n) is 4.10. The molecule has 0 aliphatic carbocycles. The van der Waals surface area contributed by atoms with Gasteiger partial charge in [-0.05, 0) is 43.7 Å². The molecule has 0 spiro atoms. The lowest BCUT2D eigenvalue weighted by Crippen LogP contribution is -2.39. The molecule has 0 bridgehead atoms. The number of hydrogen-bond donors (Lipinski definition) is 0. The van der Waals surface area contributed by atoms with Crippen LogP contribution in [0.3, 0.4) is 0 Å². The van der Waals surface area contributed by atoms with Gasteiger partial charge in [-0.15, -0.1) is 0 Å². The molecule has 0 N–H and O–H groups in total. The Morgan fingerprint density at radius 3 is 2.71 bits per heavy atom. The second-order valence-corrected chi connectivity index (χ2v) is 9.37. The number of ether oxygens (including phenoxy) is 1. The molecule has 2 aromatic carbocycles. The third-order valence-electron chi connectivity index (χ3n) is 5.64. The molecule has 0 radical (unpaired) electrons. The molecule has 0 fully saturated rings. The molecule has 0 unspecified atom stereocenters. The fraction of sp³-hybridized carbons (Fsp3) is 0.148. The first-order valence-electron chi connectivity index (χ1n) is 11.1. The van der Waals surface area contributed by atoms with Crippen LogP contribution in [0.4, 0.5) is 0 Å². The van der Waals surface area contributed by atoms with Gasteiger partial charge in [-0.3, -0.25) is 9.36 Å². The summed E-state index contributed by atoms with van der Waals surface area (Å²) in [5, 5.41) is 0.613. The van der Waals surface area contributed by atoms with Crippen LogP contribution in [0, 0.1) is 0 Å². The summed E-state index contributed by atoms with van der Waals surface area (Å²) in [7, 11) is 0. The van der Waals surface area contributed by atoms with Gasteiger partial charge in [0.1, 0.15) is 11.5 Å². The van der Waals surface area contributed by atoms with Crippen LogP contribution < -0.4 is 14.9 Å². The van der Waals surface area contributed by atoms with E-state index in [1.165, 1.54) is 11.3 Å². The smallest absolute Gasteiger partial charge is 0.338 e. The minimum Gasteiger partial charge on any atom is -0.463 e. The number of furan rings is 1. The van der Waals surface area contributed by atoms with E-state index in [9.17, 15) is 9.59 Å². The second-order valence-electron chi connectivity index (χ2n) is 7.93. The molecule has 1 aliphatic heterocycles. The largest absolute Gasteiger partial charge is 0.463 e. The van der Waals surface area contributed by atoms with Crippen LogP contribution in [0.25, 0.3) is 17.4 Å². The van der Waals surface area contributed by atoms with Crippen molar-refractivity contribution in [2.24, 2.45) is 4.99 Å². The summed E-state index contributed by atoms with van der Waals surface area (Å²) in [5.41, 5.74) is 2.29. The highest BCUT2D eigenvalue weighted by Gasteiger charge is 2.33. The molecular weight excluding hydrogens is 484 g/mol. The number of carbonyl (C=O) groups is 1. The van der Waals surface area contributed by atoms with E-state index in [1.807, 2.05) is 54.6 Å². The van der Waals surface area contributed by atoms with Crippen molar-refractivity contribution in [3.05, 3.63) is 114 Å². The zero-order valence-corrected chi connectivity index (χ0v) is 20.6. The monoisotopic (exact) mass is 504 g/mol. The van der Waals surface area contributed by atoms with Crippen LogP contribution in [0.2, 0.25) is 5.02 Å². The summed E-state index contributed by atoms with van der Waals surface area (Å²) in [6.07, 6.45) is 1.70.